The molecule has 136 valence electrons. The maximum Gasteiger partial charge on any atom is 0.210 e. The summed E-state index contributed by atoms with van der Waals surface area (Å²) in [6, 6.07) is 1.69. The van der Waals surface area contributed by atoms with Gasteiger partial charge in [-0.15, -0.1) is 5.75 Å². The molecule has 1 aliphatic rings. The third kappa shape index (κ3) is 4.05. The Bertz CT molecular complexity index is 675. The third-order valence-electron chi connectivity index (χ3n) is 4.85. The van der Waals surface area contributed by atoms with Crippen LogP contribution in [0.5, 0.6) is 0 Å². The first kappa shape index (κ1) is 19.1. The van der Waals surface area contributed by atoms with Gasteiger partial charge in [-0.1, -0.05) is 58.0 Å². The zero-order valence-corrected chi connectivity index (χ0v) is 16.1. The predicted molar refractivity (Wildman–Crippen MR) is 98.5 cm³/mol. The van der Waals surface area contributed by atoms with Gasteiger partial charge in [0.2, 0.25) is 5.91 Å². The monoisotopic (exact) mass is 353 g/mol. The van der Waals surface area contributed by atoms with E-state index in [4.69, 9.17) is 4.52 Å². The van der Waals surface area contributed by atoms with Crippen LogP contribution < -0.4 is 5.32 Å². The molecule has 0 saturated heterocycles. The molecule has 0 unspecified atom stereocenters. The molecule has 6 heteroatoms. The Balaban J connectivity index is 2.08. The quantitative estimate of drug-likeness (QED) is 0.798. The number of nitrogens with one attached hydrogen (secondary N) is 1. The zero-order chi connectivity index (χ0) is 18.0. The molecule has 0 bridgehead atoms. The number of aliphatic hydroxyl groups is 1. The highest BCUT2D eigenvalue weighted by Gasteiger charge is 2.27. The van der Waals surface area contributed by atoms with E-state index in [9.17, 15) is 9.90 Å². The summed E-state index contributed by atoms with van der Waals surface area (Å²) in [7, 11) is -0.197. The second-order valence-corrected chi connectivity index (χ2v) is 10.2. The lowest BCUT2D eigenvalue weighted by Crippen LogP contribution is -2.42. The van der Waals surface area contributed by atoms with Gasteiger partial charge in [0.15, 0.2) is 5.82 Å². The number of rotatable bonds is 5. The second-order valence-electron chi connectivity index (χ2n) is 7.64. The molecule has 1 heterocycles. The summed E-state index contributed by atoms with van der Waals surface area (Å²) >= 11 is 0. The molecule has 24 heavy (non-hydrogen) atoms. The van der Waals surface area contributed by atoms with Crippen LogP contribution in [0.2, 0.25) is 0 Å². The summed E-state index contributed by atoms with van der Waals surface area (Å²) in [4.78, 5) is 12.8. The number of carbonyl (C=O) groups is 1. The molecule has 1 aromatic rings. The minimum Gasteiger partial charge on any atom is -0.440 e. The molecule has 0 radical (unpaired) electrons. The molecular formula is C18H29N2O3S-. The zero-order valence-electron chi connectivity index (χ0n) is 15.3. The van der Waals surface area contributed by atoms with E-state index in [2.05, 4.69) is 15.7 Å². The molecule has 1 amide bonds. The average molecular weight is 354 g/mol. The van der Waals surface area contributed by atoms with Crippen molar-refractivity contribution in [2.75, 3.05) is 17.7 Å². The number of nitrogens with zero attached hydrogens (tertiary/aromatic N) is 1. The summed E-state index contributed by atoms with van der Waals surface area (Å²) in [5, 5.41) is 19.5. The Morgan fingerprint density at radius 2 is 2.12 bits per heavy atom. The van der Waals surface area contributed by atoms with Crippen LogP contribution in [0.1, 0.15) is 59.6 Å². The molecule has 5 nitrogen and oxygen atoms in total. The Kier molecular flexibility index (Phi) is 5.84. The van der Waals surface area contributed by atoms with Crippen molar-refractivity contribution >= 4 is 22.0 Å². The number of aromatic nitrogens is 1. The smallest absolute Gasteiger partial charge is 0.210 e. The SMILES string of the molecule is CC#[S-](CC1CCC1)C(C)(C)C(=O)Nc1cc(C(C)(C)CO)on1. The van der Waals surface area contributed by atoms with E-state index < -0.39 is 10.2 Å². The van der Waals surface area contributed by atoms with Gasteiger partial charge in [-0.3, -0.25) is 4.79 Å². The van der Waals surface area contributed by atoms with E-state index in [1.807, 2.05) is 34.6 Å². The van der Waals surface area contributed by atoms with E-state index in [0.29, 0.717) is 11.6 Å². The van der Waals surface area contributed by atoms with Gasteiger partial charge in [0.25, 0.3) is 0 Å². The molecule has 2 N–H and O–H groups in total. The number of anilines is 1. The van der Waals surface area contributed by atoms with Crippen LogP contribution in [0.4, 0.5) is 5.82 Å². The predicted octanol–water partition coefficient (Wildman–Crippen LogP) is 3.06. The highest BCUT2D eigenvalue weighted by atomic mass is 32.2. The van der Waals surface area contributed by atoms with Crippen LogP contribution in [-0.2, 0) is 20.5 Å². The fraction of sp³-hybridized carbons (Fsp3) is 0.722. The number of aliphatic hydroxyl groups excluding tert-OH is 1. The fourth-order valence-corrected chi connectivity index (χ4v) is 4.72. The van der Waals surface area contributed by atoms with E-state index in [0.717, 1.165) is 11.7 Å². The lowest BCUT2D eigenvalue weighted by atomic mass is 9.87. The topological polar surface area (TPSA) is 75.4 Å². The highest BCUT2D eigenvalue weighted by molar-refractivity contribution is 7.88. The van der Waals surface area contributed by atoms with Crippen molar-refractivity contribution in [3.63, 3.8) is 0 Å². The molecular weight excluding hydrogens is 324 g/mol. The maximum absolute atomic E-state index is 12.8. The number of carbonyl (C=O) groups excluding carboxylic acids is 1. The van der Waals surface area contributed by atoms with Crippen LogP contribution in [0.25, 0.3) is 0 Å². The second kappa shape index (κ2) is 7.34. The van der Waals surface area contributed by atoms with Crippen molar-refractivity contribution in [1.82, 2.24) is 5.16 Å². The Morgan fingerprint density at radius 1 is 1.46 bits per heavy atom. The maximum atomic E-state index is 12.8. The highest BCUT2D eigenvalue weighted by Crippen LogP contribution is 2.30. The van der Waals surface area contributed by atoms with E-state index >= 15 is 0 Å². The first-order valence-corrected chi connectivity index (χ1v) is 9.88. The fourth-order valence-electron chi connectivity index (χ4n) is 2.55. The summed E-state index contributed by atoms with van der Waals surface area (Å²) < 4.78 is 4.74. The Morgan fingerprint density at radius 3 is 2.62 bits per heavy atom. The van der Waals surface area contributed by atoms with Gasteiger partial charge in [0.1, 0.15) is 5.76 Å². The van der Waals surface area contributed by atoms with Gasteiger partial charge in [0.05, 0.1) is 6.61 Å². The van der Waals surface area contributed by atoms with Crippen molar-refractivity contribution in [1.29, 1.82) is 0 Å². The summed E-state index contributed by atoms with van der Waals surface area (Å²) in [5.41, 5.74) is -0.523. The van der Waals surface area contributed by atoms with E-state index in [1.54, 1.807) is 6.07 Å². The number of hydrogen-bond donors (Lipinski definition) is 2. The minimum atomic E-state index is -0.532. The molecule has 1 aliphatic carbocycles. The Hall–Kier alpha value is -1.23. The molecule has 1 aromatic heterocycles. The molecule has 2 rings (SSSR count). The first-order chi connectivity index (χ1) is 11.2. The van der Waals surface area contributed by atoms with Crippen LogP contribution in [0.3, 0.4) is 0 Å². The standard InChI is InChI=1S/C18H29N2O3S/c1-6-24(11-13-8-7-9-13)18(4,5)16(22)19-15-10-14(23-20-15)17(2,3)12-21/h10,13,21H,7-9,11-12H2,1-5H3,(H,19,20,22)/q-1. The lowest BCUT2D eigenvalue weighted by Gasteiger charge is -2.42. The van der Waals surface area contributed by atoms with E-state index in [-0.39, 0.29) is 22.8 Å². The third-order valence-corrected chi connectivity index (χ3v) is 7.57. The molecule has 0 spiro atoms. The van der Waals surface area contributed by atoms with E-state index in [1.165, 1.54) is 19.3 Å². The van der Waals surface area contributed by atoms with Gasteiger partial charge >= 0.3 is 0 Å². The van der Waals surface area contributed by atoms with Crippen molar-refractivity contribution in [2.24, 2.45) is 5.92 Å². The van der Waals surface area contributed by atoms with Crippen molar-refractivity contribution < 1.29 is 14.4 Å². The molecule has 0 atom stereocenters. The average Bonchev–Trinajstić information content (AvgIpc) is 2.95. The molecule has 1 fully saturated rings. The Labute approximate surface area is 146 Å². The van der Waals surface area contributed by atoms with Gasteiger partial charge < -0.3 is 30.4 Å². The van der Waals surface area contributed by atoms with Gasteiger partial charge in [-0.05, 0) is 11.7 Å². The van der Waals surface area contributed by atoms with Crippen LogP contribution >= 0.6 is 0 Å². The number of hydrogen-bond acceptors (Lipinski definition) is 5. The molecule has 1 saturated carbocycles. The first-order valence-electron chi connectivity index (χ1n) is 8.48. The lowest BCUT2D eigenvalue weighted by molar-refractivity contribution is -0.117. The van der Waals surface area contributed by atoms with Crippen LogP contribution in [0.15, 0.2) is 10.6 Å². The molecule has 0 aliphatic heterocycles. The van der Waals surface area contributed by atoms with Crippen molar-refractivity contribution in [2.45, 2.75) is 64.0 Å². The van der Waals surface area contributed by atoms with Gasteiger partial charge in [-0.2, -0.15) is 0 Å². The normalized spacial score (nSPS) is 16.0. The minimum absolute atomic E-state index is 0.0499. The summed E-state index contributed by atoms with van der Waals surface area (Å²) in [6.45, 7) is 9.54. The van der Waals surface area contributed by atoms with Gasteiger partial charge in [-0.25, -0.2) is 0 Å². The van der Waals surface area contributed by atoms with Crippen LogP contribution in [-0.4, -0.2) is 33.3 Å². The van der Waals surface area contributed by atoms with Crippen LogP contribution in [0, 0.1) is 11.1 Å². The van der Waals surface area contributed by atoms with Crippen molar-refractivity contribution in [3.8, 4) is 5.18 Å². The number of amides is 1. The van der Waals surface area contributed by atoms with Crippen molar-refractivity contribution in [3.05, 3.63) is 11.8 Å². The largest absolute Gasteiger partial charge is 0.440 e. The molecule has 0 aromatic carbocycles. The summed E-state index contributed by atoms with van der Waals surface area (Å²) in [5.74, 6) is 2.66. The van der Waals surface area contributed by atoms with Gasteiger partial charge in [0, 0.05) is 11.5 Å². The summed E-state index contributed by atoms with van der Waals surface area (Å²) in [6.07, 6.45) is 3.85.